The van der Waals surface area contributed by atoms with E-state index < -0.39 is 11.7 Å². The lowest BCUT2D eigenvalue weighted by Gasteiger charge is -2.22. The van der Waals surface area contributed by atoms with Crippen molar-refractivity contribution in [2.75, 3.05) is 30.4 Å². The van der Waals surface area contributed by atoms with Gasteiger partial charge in [0, 0.05) is 25.7 Å². The van der Waals surface area contributed by atoms with Crippen LogP contribution in [0.1, 0.15) is 23.1 Å². The molecule has 158 valence electrons. The van der Waals surface area contributed by atoms with Gasteiger partial charge in [-0.25, -0.2) is 4.39 Å². The average Bonchev–Trinajstić information content (AvgIpc) is 3.05. The number of hydrogen-bond acceptors (Lipinski definition) is 3. The number of carbonyl (C=O) groups is 3. The first-order valence-corrected chi connectivity index (χ1v) is 9.85. The zero-order valence-electron chi connectivity index (χ0n) is 17.7. The molecule has 0 aromatic heterocycles. The number of halogens is 1. The van der Waals surface area contributed by atoms with Gasteiger partial charge >= 0.3 is 0 Å². The average molecular weight is 411 g/mol. The van der Waals surface area contributed by atoms with E-state index in [9.17, 15) is 18.8 Å². The van der Waals surface area contributed by atoms with Gasteiger partial charge < -0.3 is 15.1 Å². The third-order valence-electron chi connectivity index (χ3n) is 5.32. The van der Waals surface area contributed by atoms with Gasteiger partial charge in [0.15, 0.2) is 0 Å². The highest BCUT2D eigenvalue weighted by Crippen LogP contribution is 2.28. The summed E-state index contributed by atoms with van der Waals surface area (Å²) in [5, 5.41) is 2.87. The third-order valence-corrected chi connectivity index (χ3v) is 5.32. The van der Waals surface area contributed by atoms with Gasteiger partial charge in [0.2, 0.25) is 17.7 Å². The van der Waals surface area contributed by atoms with Crippen molar-refractivity contribution in [2.24, 2.45) is 5.92 Å². The van der Waals surface area contributed by atoms with Crippen molar-refractivity contribution >= 4 is 29.1 Å². The second kappa shape index (κ2) is 8.65. The lowest BCUT2D eigenvalue weighted by Crippen LogP contribution is -2.39. The van der Waals surface area contributed by atoms with Crippen LogP contribution in [0, 0.1) is 32.5 Å². The summed E-state index contributed by atoms with van der Waals surface area (Å²) in [6, 6.07) is 9.96. The Morgan fingerprint density at radius 1 is 1.17 bits per heavy atom. The molecule has 0 radical (unpaired) electrons. The lowest BCUT2D eigenvalue weighted by molar-refractivity contribution is -0.137. The van der Waals surface area contributed by atoms with Crippen LogP contribution in [0.2, 0.25) is 0 Å². The van der Waals surface area contributed by atoms with Crippen LogP contribution in [-0.4, -0.2) is 42.8 Å². The first kappa shape index (κ1) is 21.5. The number of likely N-dealkylation sites (N-methyl/N-ethyl adjacent to an activating group) is 1. The molecule has 2 aromatic carbocycles. The van der Waals surface area contributed by atoms with Crippen LogP contribution in [0.15, 0.2) is 36.4 Å². The summed E-state index contributed by atoms with van der Waals surface area (Å²) in [6.07, 6.45) is -0.00466. The molecule has 0 saturated carbocycles. The molecule has 1 fully saturated rings. The third kappa shape index (κ3) is 4.50. The number of anilines is 2. The van der Waals surface area contributed by atoms with E-state index in [-0.39, 0.29) is 42.9 Å². The Balaban J connectivity index is 1.63. The number of hydrogen-bond donors (Lipinski definition) is 1. The molecule has 7 heteroatoms. The molecule has 0 bridgehead atoms. The summed E-state index contributed by atoms with van der Waals surface area (Å²) >= 11 is 0. The van der Waals surface area contributed by atoms with E-state index in [2.05, 4.69) is 5.32 Å². The second-order valence-corrected chi connectivity index (χ2v) is 7.87. The molecular formula is C23H26FN3O3. The van der Waals surface area contributed by atoms with E-state index in [0.29, 0.717) is 0 Å². The summed E-state index contributed by atoms with van der Waals surface area (Å²) in [5.74, 6) is -2.04. The molecule has 30 heavy (non-hydrogen) atoms. The molecule has 3 rings (SSSR count). The van der Waals surface area contributed by atoms with Crippen LogP contribution in [-0.2, 0) is 14.4 Å². The van der Waals surface area contributed by atoms with Crippen LogP contribution in [0.4, 0.5) is 15.8 Å². The highest BCUT2D eigenvalue weighted by Gasteiger charge is 2.37. The number of benzene rings is 2. The minimum Gasteiger partial charge on any atom is -0.336 e. The predicted octanol–water partition coefficient (Wildman–Crippen LogP) is 3.20. The van der Waals surface area contributed by atoms with Crippen LogP contribution in [0.5, 0.6) is 0 Å². The van der Waals surface area contributed by atoms with Crippen LogP contribution >= 0.6 is 0 Å². The second-order valence-electron chi connectivity index (χ2n) is 7.87. The van der Waals surface area contributed by atoms with Crippen molar-refractivity contribution in [1.82, 2.24) is 4.90 Å². The summed E-state index contributed by atoms with van der Waals surface area (Å²) in [6.45, 7) is 5.81. The summed E-state index contributed by atoms with van der Waals surface area (Å²) in [7, 11) is 1.53. The molecular weight excluding hydrogens is 385 g/mol. The molecule has 1 N–H and O–H groups in total. The number of nitrogens with one attached hydrogen (secondary N) is 1. The highest BCUT2D eigenvalue weighted by molar-refractivity contribution is 6.01. The zero-order valence-corrected chi connectivity index (χ0v) is 17.7. The Bertz CT molecular complexity index is 982. The van der Waals surface area contributed by atoms with Gasteiger partial charge in [-0.1, -0.05) is 29.8 Å². The highest BCUT2D eigenvalue weighted by atomic mass is 19.1. The Morgan fingerprint density at radius 3 is 2.43 bits per heavy atom. The van der Waals surface area contributed by atoms with Crippen molar-refractivity contribution in [3.8, 4) is 0 Å². The van der Waals surface area contributed by atoms with Gasteiger partial charge in [0.25, 0.3) is 0 Å². The van der Waals surface area contributed by atoms with Crippen LogP contribution in [0.25, 0.3) is 0 Å². The van der Waals surface area contributed by atoms with Gasteiger partial charge in [0.1, 0.15) is 5.82 Å². The van der Waals surface area contributed by atoms with E-state index in [0.717, 1.165) is 22.4 Å². The van der Waals surface area contributed by atoms with Gasteiger partial charge in [0.05, 0.1) is 18.2 Å². The summed E-state index contributed by atoms with van der Waals surface area (Å²) in [4.78, 5) is 40.2. The van der Waals surface area contributed by atoms with Crippen molar-refractivity contribution in [3.05, 3.63) is 58.9 Å². The molecule has 1 saturated heterocycles. The van der Waals surface area contributed by atoms with E-state index in [4.69, 9.17) is 0 Å². The minimum absolute atomic E-state index is 0.00466. The largest absolute Gasteiger partial charge is 0.336 e. The fourth-order valence-electron chi connectivity index (χ4n) is 3.94. The maximum atomic E-state index is 14.0. The van der Waals surface area contributed by atoms with Gasteiger partial charge in [-0.15, -0.1) is 0 Å². The summed E-state index contributed by atoms with van der Waals surface area (Å²) < 4.78 is 14.0. The van der Waals surface area contributed by atoms with Gasteiger partial charge in [-0.05, 0) is 44.0 Å². The van der Waals surface area contributed by atoms with E-state index >= 15 is 0 Å². The van der Waals surface area contributed by atoms with Crippen molar-refractivity contribution in [1.29, 1.82) is 0 Å². The Labute approximate surface area is 175 Å². The Morgan fingerprint density at radius 2 is 1.80 bits per heavy atom. The quantitative estimate of drug-likeness (QED) is 0.822. The zero-order chi connectivity index (χ0) is 22.0. The molecule has 2 aromatic rings. The first-order chi connectivity index (χ1) is 14.2. The number of rotatable bonds is 5. The molecule has 1 heterocycles. The Kier molecular flexibility index (Phi) is 6.20. The number of nitrogens with zero attached hydrogens (tertiary/aromatic N) is 2. The molecule has 1 atom stereocenters. The summed E-state index contributed by atoms with van der Waals surface area (Å²) in [5.41, 5.74) is 3.94. The van der Waals surface area contributed by atoms with E-state index in [1.54, 1.807) is 12.1 Å². The molecule has 0 aliphatic carbocycles. The molecule has 0 unspecified atom stereocenters. The van der Waals surface area contributed by atoms with E-state index in [1.165, 1.54) is 29.0 Å². The van der Waals surface area contributed by atoms with Crippen LogP contribution < -0.4 is 10.2 Å². The maximum absolute atomic E-state index is 14.0. The number of para-hydroxylation sites is 1. The standard InChI is InChI=1S/C23H26FN3O3/c1-14-9-15(2)22(16(3)10-14)25-20(28)13-26(4)23(30)17-11-21(29)27(12-17)19-8-6-5-7-18(19)24/h5-10,17H,11-13H2,1-4H3,(H,25,28)/t17-/m1/s1. The molecule has 6 nitrogen and oxygen atoms in total. The Hall–Kier alpha value is -3.22. The fraction of sp³-hybridized carbons (Fsp3) is 0.348. The van der Waals surface area contributed by atoms with E-state index in [1.807, 2.05) is 32.9 Å². The number of aryl methyl sites for hydroxylation is 3. The maximum Gasteiger partial charge on any atom is 0.243 e. The normalized spacial score (nSPS) is 16.0. The van der Waals surface area contributed by atoms with Crippen molar-refractivity contribution in [3.63, 3.8) is 0 Å². The monoisotopic (exact) mass is 411 g/mol. The van der Waals surface area contributed by atoms with Crippen LogP contribution in [0.3, 0.4) is 0 Å². The van der Waals surface area contributed by atoms with Gasteiger partial charge in [-0.3, -0.25) is 14.4 Å². The van der Waals surface area contributed by atoms with Crippen molar-refractivity contribution in [2.45, 2.75) is 27.2 Å². The first-order valence-electron chi connectivity index (χ1n) is 9.85. The molecule has 3 amide bonds. The fourth-order valence-corrected chi connectivity index (χ4v) is 3.94. The lowest BCUT2D eigenvalue weighted by atomic mass is 10.0. The minimum atomic E-state index is -0.613. The van der Waals surface area contributed by atoms with Gasteiger partial charge in [-0.2, -0.15) is 0 Å². The molecule has 1 aliphatic heterocycles. The molecule has 0 spiro atoms. The number of amides is 3. The molecule has 1 aliphatic rings. The topological polar surface area (TPSA) is 69.7 Å². The number of carbonyl (C=O) groups excluding carboxylic acids is 3. The van der Waals surface area contributed by atoms with Crippen molar-refractivity contribution < 1.29 is 18.8 Å². The SMILES string of the molecule is Cc1cc(C)c(NC(=O)CN(C)C(=O)[C@@H]2CC(=O)N(c3ccccc3F)C2)c(C)c1. The predicted molar refractivity (Wildman–Crippen MR) is 114 cm³/mol. The smallest absolute Gasteiger partial charge is 0.243 e.